The summed E-state index contributed by atoms with van der Waals surface area (Å²) in [7, 11) is 0. The van der Waals surface area contributed by atoms with Crippen LogP contribution >= 0.6 is 11.8 Å². The summed E-state index contributed by atoms with van der Waals surface area (Å²) in [5.41, 5.74) is 1.68. The van der Waals surface area contributed by atoms with Gasteiger partial charge in [-0.15, -0.1) is 11.8 Å². The smallest absolute Gasteiger partial charge is 0.230 e. The number of carbonyl (C=O) groups excluding carboxylic acids is 1. The van der Waals surface area contributed by atoms with Gasteiger partial charge in [0.2, 0.25) is 5.91 Å². The Morgan fingerprint density at radius 2 is 2.17 bits per heavy atom. The van der Waals surface area contributed by atoms with E-state index in [9.17, 15) is 4.79 Å². The van der Waals surface area contributed by atoms with E-state index in [0.717, 1.165) is 5.56 Å². The summed E-state index contributed by atoms with van der Waals surface area (Å²) in [6.07, 6.45) is 0. The maximum absolute atomic E-state index is 11.5. The van der Waals surface area contributed by atoms with Gasteiger partial charge < -0.3 is 5.32 Å². The van der Waals surface area contributed by atoms with Crippen molar-refractivity contribution in [3.8, 4) is 6.07 Å². The van der Waals surface area contributed by atoms with E-state index in [4.69, 9.17) is 5.26 Å². The molecule has 4 heteroatoms. The number of nitrogens with zero attached hydrogens (tertiary/aromatic N) is 1. The molecule has 0 aromatic heterocycles. The molecule has 96 valence electrons. The average Bonchev–Trinajstić information content (AvgIpc) is 2.37. The van der Waals surface area contributed by atoms with Crippen LogP contribution in [0.3, 0.4) is 0 Å². The zero-order chi connectivity index (χ0) is 13.4. The fourth-order valence-corrected chi connectivity index (χ4v) is 2.24. The Hall–Kier alpha value is -1.47. The Morgan fingerprint density at radius 3 is 2.83 bits per heavy atom. The van der Waals surface area contributed by atoms with E-state index < -0.39 is 0 Å². The Labute approximate surface area is 113 Å². The number of nitriles is 1. The molecule has 1 N–H and O–H groups in total. The van der Waals surface area contributed by atoms with Gasteiger partial charge in [-0.2, -0.15) is 5.26 Å². The number of thioether (sulfide) groups is 1. The molecule has 0 saturated heterocycles. The number of nitrogens with one attached hydrogen (secondary N) is 1. The van der Waals surface area contributed by atoms with Gasteiger partial charge in [0.05, 0.1) is 17.4 Å². The molecule has 1 aromatic carbocycles. The van der Waals surface area contributed by atoms with Gasteiger partial charge in [0.25, 0.3) is 0 Å². The van der Waals surface area contributed by atoms with Crippen molar-refractivity contribution in [3.63, 3.8) is 0 Å². The van der Waals surface area contributed by atoms with Crippen LogP contribution in [0.25, 0.3) is 0 Å². The molecule has 0 atom stereocenters. The number of benzene rings is 1. The molecule has 0 heterocycles. The summed E-state index contributed by atoms with van der Waals surface area (Å²) in [6.45, 7) is 4.85. The first kappa shape index (κ1) is 14.6. The molecule has 0 bridgehead atoms. The van der Waals surface area contributed by atoms with Crippen LogP contribution in [0.4, 0.5) is 0 Å². The molecule has 18 heavy (non-hydrogen) atoms. The molecule has 0 aliphatic heterocycles. The van der Waals surface area contributed by atoms with Gasteiger partial charge in [-0.05, 0) is 17.5 Å². The van der Waals surface area contributed by atoms with Gasteiger partial charge in [0.1, 0.15) is 0 Å². The molecule has 0 fully saturated rings. The van der Waals surface area contributed by atoms with Crippen molar-refractivity contribution in [2.45, 2.75) is 19.6 Å². The molecule has 0 aliphatic rings. The fourth-order valence-electron chi connectivity index (χ4n) is 1.38. The number of carbonyl (C=O) groups is 1. The minimum Gasteiger partial charge on any atom is -0.355 e. The second kappa shape index (κ2) is 7.78. The lowest BCUT2D eigenvalue weighted by Gasteiger charge is -2.07. The number of amides is 1. The lowest BCUT2D eigenvalue weighted by molar-refractivity contribution is -0.118. The monoisotopic (exact) mass is 262 g/mol. The van der Waals surface area contributed by atoms with Gasteiger partial charge in [0.15, 0.2) is 0 Å². The van der Waals surface area contributed by atoms with Crippen LogP contribution < -0.4 is 5.32 Å². The summed E-state index contributed by atoms with van der Waals surface area (Å²) >= 11 is 1.53. The maximum Gasteiger partial charge on any atom is 0.230 e. The summed E-state index contributed by atoms with van der Waals surface area (Å²) in [6, 6.07) is 9.65. The van der Waals surface area contributed by atoms with Crippen molar-refractivity contribution in [1.82, 2.24) is 5.32 Å². The van der Waals surface area contributed by atoms with E-state index in [1.54, 1.807) is 6.07 Å². The highest BCUT2D eigenvalue weighted by atomic mass is 32.2. The molecule has 0 saturated carbocycles. The summed E-state index contributed by atoms with van der Waals surface area (Å²) in [4.78, 5) is 11.5. The second-order valence-electron chi connectivity index (χ2n) is 4.46. The minimum absolute atomic E-state index is 0.0585. The highest BCUT2D eigenvalue weighted by molar-refractivity contribution is 7.99. The number of hydrogen-bond acceptors (Lipinski definition) is 3. The summed E-state index contributed by atoms with van der Waals surface area (Å²) < 4.78 is 0. The van der Waals surface area contributed by atoms with Crippen LogP contribution in [-0.4, -0.2) is 18.2 Å². The van der Waals surface area contributed by atoms with Gasteiger partial charge in [0, 0.05) is 12.3 Å². The van der Waals surface area contributed by atoms with Crippen LogP contribution in [0.15, 0.2) is 24.3 Å². The van der Waals surface area contributed by atoms with Crippen molar-refractivity contribution in [2.75, 3.05) is 12.3 Å². The largest absolute Gasteiger partial charge is 0.355 e. The molecule has 1 amide bonds. The van der Waals surface area contributed by atoms with Crippen LogP contribution in [0.1, 0.15) is 25.0 Å². The van der Waals surface area contributed by atoms with Crippen LogP contribution in [0, 0.1) is 17.2 Å². The zero-order valence-electron chi connectivity index (χ0n) is 10.8. The molecular weight excluding hydrogens is 244 g/mol. The summed E-state index contributed by atoms with van der Waals surface area (Å²) in [5, 5.41) is 11.8. The third-order valence-electron chi connectivity index (χ3n) is 2.34. The Kier molecular flexibility index (Phi) is 6.31. The van der Waals surface area contributed by atoms with Gasteiger partial charge in [-0.1, -0.05) is 32.0 Å². The van der Waals surface area contributed by atoms with Gasteiger partial charge in [-0.25, -0.2) is 0 Å². The predicted molar refractivity (Wildman–Crippen MR) is 75.2 cm³/mol. The molecule has 0 aliphatic carbocycles. The van der Waals surface area contributed by atoms with Crippen molar-refractivity contribution >= 4 is 17.7 Å². The lowest BCUT2D eigenvalue weighted by Crippen LogP contribution is -2.28. The Balaban J connectivity index is 2.33. The first-order valence-electron chi connectivity index (χ1n) is 5.96. The second-order valence-corrected chi connectivity index (χ2v) is 5.45. The van der Waals surface area contributed by atoms with E-state index in [2.05, 4.69) is 25.2 Å². The molecule has 0 radical (unpaired) electrons. The standard InChI is InChI=1S/C14H18N2OS/c1-11(2)8-16-14(17)10-18-9-13-6-4-3-5-12(13)7-15/h3-6,11H,8-10H2,1-2H3,(H,16,17). The number of rotatable bonds is 6. The normalized spacial score (nSPS) is 10.1. The minimum atomic E-state index is 0.0585. The van der Waals surface area contributed by atoms with Crippen molar-refractivity contribution in [2.24, 2.45) is 5.92 Å². The van der Waals surface area contributed by atoms with Gasteiger partial charge >= 0.3 is 0 Å². The van der Waals surface area contributed by atoms with E-state index in [1.165, 1.54) is 11.8 Å². The van der Waals surface area contributed by atoms with E-state index in [0.29, 0.717) is 29.5 Å². The predicted octanol–water partition coefficient (Wildman–Crippen LogP) is 2.56. The third-order valence-corrected chi connectivity index (χ3v) is 3.32. The van der Waals surface area contributed by atoms with Crippen molar-refractivity contribution in [3.05, 3.63) is 35.4 Å². The summed E-state index contributed by atoms with van der Waals surface area (Å²) in [5.74, 6) is 1.66. The van der Waals surface area contributed by atoms with E-state index >= 15 is 0 Å². The van der Waals surface area contributed by atoms with Crippen LogP contribution in [0.5, 0.6) is 0 Å². The quantitative estimate of drug-likeness (QED) is 0.857. The first-order chi connectivity index (χ1) is 8.63. The Morgan fingerprint density at radius 1 is 1.44 bits per heavy atom. The Bertz CT molecular complexity index is 438. The third kappa shape index (κ3) is 5.24. The highest BCUT2D eigenvalue weighted by Crippen LogP contribution is 2.15. The molecule has 1 aromatic rings. The zero-order valence-corrected chi connectivity index (χ0v) is 11.6. The van der Waals surface area contributed by atoms with Gasteiger partial charge in [-0.3, -0.25) is 4.79 Å². The molecule has 1 rings (SSSR count). The van der Waals surface area contributed by atoms with E-state index in [1.807, 2.05) is 18.2 Å². The van der Waals surface area contributed by atoms with E-state index in [-0.39, 0.29) is 5.91 Å². The molecular formula is C14H18N2OS. The molecule has 0 unspecified atom stereocenters. The van der Waals surface area contributed by atoms with Crippen molar-refractivity contribution in [1.29, 1.82) is 5.26 Å². The lowest BCUT2D eigenvalue weighted by atomic mass is 10.1. The molecule has 0 spiro atoms. The van der Waals surface area contributed by atoms with Crippen LogP contribution in [-0.2, 0) is 10.5 Å². The van der Waals surface area contributed by atoms with Crippen LogP contribution in [0.2, 0.25) is 0 Å². The first-order valence-corrected chi connectivity index (χ1v) is 7.11. The topological polar surface area (TPSA) is 52.9 Å². The maximum atomic E-state index is 11.5. The molecule has 3 nitrogen and oxygen atoms in total. The highest BCUT2D eigenvalue weighted by Gasteiger charge is 2.05. The van der Waals surface area contributed by atoms with Crippen molar-refractivity contribution < 1.29 is 4.79 Å². The number of hydrogen-bond donors (Lipinski definition) is 1. The fraction of sp³-hybridized carbons (Fsp3) is 0.429. The SMILES string of the molecule is CC(C)CNC(=O)CSCc1ccccc1C#N. The average molecular weight is 262 g/mol.